The second kappa shape index (κ2) is 70.2. The average Bonchev–Trinajstić information content (AvgIpc) is 1.11. The molecule has 5 atom stereocenters. The van der Waals surface area contributed by atoms with E-state index in [4.69, 9.17) is 37.0 Å². The topological polar surface area (TPSA) is 237 Å². The molecular formula is C77H140O17P2. The predicted octanol–water partition coefficient (Wildman–Crippen LogP) is 21.9. The Morgan fingerprint density at radius 1 is 0.302 bits per heavy atom. The fourth-order valence-corrected chi connectivity index (χ4v) is 12.2. The average molecular weight is 1400 g/mol. The number of hydrogen-bond acceptors (Lipinski definition) is 15. The van der Waals surface area contributed by atoms with Crippen molar-refractivity contribution < 1.29 is 80.2 Å². The van der Waals surface area contributed by atoms with Gasteiger partial charge in [0.1, 0.15) is 19.3 Å². The number of aliphatic hydroxyl groups excluding tert-OH is 1. The molecular weight excluding hydrogens is 1260 g/mol. The maximum absolute atomic E-state index is 13.1. The highest BCUT2D eigenvalue weighted by Gasteiger charge is 2.30. The molecule has 0 radical (unpaired) electrons. The van der Waals surface area contributed by atoms with Gasteiger partial charge in [-0.05, 0) is 89.9 Å². The number of carbonyl (C=O) groups is 4. The van der Waals surface area contributed by atoms with Gasteiger partial charge in [-0.15, -0.1) is 0 Å². The number of esters is 4. The molecule has 0 rings (SSSR count). The van der Waals surface area contributed by atoms with Crippen molar-refractivity contribution in [1.29, 1.82) is 0 Å². The molecule has 0 bridgehead atoms. The van der Waals surface area contributed by atoms with Gasteiger partial charge in [0.15, 0.2) is 12.2 Å². The molecule has 0 heterocycles. The first-order valence-corrected chi connectivity index (χ1v) is 41.5. The molecule has 0 aliphatic carbocycles. The first-order chi connectivity index (χ1) is 46.7. The van der Waals surface area contributed by atoms with Crippen LogP contribution in [-0.4, -0.2) is 96.7 Å². The van der Waals surface area contributed by atoms with E-state index in [1.54, 1.807) is 0 Å². The maximum Gasteiger partial charge on any atom is 0.472 e. The lowest BCUT2D eigenvalue weighted by molar-refractivity contribution is -0.161. The molecule has 0 spiro atoms. The normalized spacial score (nSPS) is 14.3. The van der Waals surface area contributed by atoms with Crippen LogP contribution in [0.2, 0.25) is 0 Å². The fraction of sp³-hybridized carbons (Fsp3) is 0.818. The number of phosphoric ester groups is 2. The van der Waals surface area contributed by atoms with E-state index in [0.29, 0.717) is 25.7 Å². The molecule has 17 nitrogen and oxygen atoms in total. The second-order valence-electron chi connectivity index (χ2n) is 25.9. The Bertz CT molecular complexity index is 2060. The number of aliphatic hydroxyl groups is 1. The van der Waals surface area contributed by atoms with Crippen LogP contribution in [0, 0.1) is 0 Å². The van der Waals surface area contributed by atoms with E-state index in [2.05, 4.69) is 88.5 Å². The van der Waals surface area contributed by atoms with Gasteiger partial charge in [0, 0.05) is 25.7 Å². The zero-order valence-electron chi connectivity index (χ0n) is 61.1. The Hall–Kier alpha value is -3.24. The van der Waals surface area contributed by atoms with Crippen LogP contribution in [0.1, 0.15) is 349 Å². The van der Waals surface area contributed by atoms with Crippen LogP contribution in [-0.2, 0) is 65.4 Å². The summed E-state index contributed by atoms with van der Waals surface area (Å²) in [6.45, 7) is 4.75. The number of ether oxygens (including phenoxy) is 4. The highest BCUT2D eigenvalue weighted by Crippen LogP contribution is 2.45. The van der Waals surface area contributed by atoms with E-state index in [-0.39, 0.29) is 25.7 Å². The number of carbonyl (C=O) groups excluding carboxylic acids is 4. The molecule has 0 aromatic carbocycles. The van der Waals surface area contributed by atoms with Gasteiger partial charge in [0.2, 0.25) is 0 Å². The number of allylic oxidation sites excluding steroid dienone is 10. The Kier molecular flexibility index (Phi) is 67.8. The Morgan fingerprint density at radius 2 is 0.542 bits per heavy atom. The van der Waals surface area contributed by atoms with Gasteiger partial charge in [-0.1, -0.05) is 294 Å². The largest absolute Gasteiger partial charge is 0.472 e. The first-order valence-electron chi connectivity index (χ1n) is 38.5. The molecule has 0 aliphatic heterocycles. The monoisotopic (exact) mass is 1400 g/mol. The van der Waals surface area contributed by atoms with Crippen LogP contribution >= 0.6 is 15.6 Å². The number of hydrogen-bond donors (Lipinski definition) is 3. The molecule has 0 aliphatic rings. The summed E-state index contributed by atoms with van der Waals surface area (Å²) in [4.78, 5) is 72.8. The summed E-state index contributed by atoms with van der Waals surface area (Å²) in [7, 11) is -9.94. The molecule has 5 unspecified atom stereocenters. The standard InChI is InChI=1S/C77H140O17P2/c1-5-9-13-17-21-25-29-32-35-38-42-45-49-53-57-61-74(79)87-67-72(93-76(81)63-59-55-51-47-41-28-24-20-16-12-8-4)69-91-95(83,84)89-65-71(78)66-90-96(85,86)92-70-73(94-77(82)64-60-56-52-48-44-40-37-34-31-27-23-19-15-11-7-3)68-88-75(80)62-58-54-50-46-43-39-36-33-30-26-22-18-14-10-6-2/h9,13,21-22,25-26,32-33,35-36,71-73,78H,5-8,10-12,14-20,23-24,27-31,34,37-70H2,1-4H3,(H,83,84)(H,85,86)/b13-9-,25-21-,26-22-,35-32-,36-33-. The van der Waals surface area contributed by atoms with E-state index in [1.807, 2.05) is 0 Å². The number of phosphoric acid groups is 2. The maximum atomic E-state index is 13.1. The van der Waals surface area contributed by atoms with E-state index in [0.717, 1.165) is 148 Å². The minimum Gasteiger partial charge on any atom is -0.462 e. The smallest absolute Gasteiger partial charge is 0.462 e. The van der Waals surface area contributed by atoms with Crippen molar-refractivity contribution in [3.8, 4) is 0 Å². The van der Waals surface area contributed by atoms with Gasteiger partial charge in [-0.25, -0.2) is 9.13 Å². The summed E-state index contributed by atoms with van der Waals surface area (Å²) in [6, 6.07) is 0. The highest BCUT2D eigenvalue weighted by molar-refractivity contribution is 7.47. The first kappa shape index (κ1) is 92.8. The number of rotatable bonds is 73. The molecule has 0 saturated carbocycles. The van der Waals surface area contributed by atoms with E-state index in [1.165, 1.54) is 122 Å². The zero-order valence-corrected chi connectivity index (χ0v) is 62.8. The lowest BCUT2D eigenvalue weighted by Crippen LogP contribution is -2.30. The molecule has 0 aromatic heterocycles. The quantitative estimate of drug-likeness (QED) is 0.0169. The van der Waals surface area contributed by atoms with Crippen molar-refractivity contribution in [3.05, 3.63) is 60.8 Å². The van der Waals surface area contributed by atoms with Crippen LogP contribution in [0.25, 0.3) is 0 Å². The molecule has 3 N–H and O–H groups in total. The van der Waals surface area contributed by atoms with E-state index >= 15 is 0 Å². The minimum absolute atomic E-state index is 0.0964. The van der Waals surface area contributed by atoms with Crippen molar-refractivity contribution >= 4 is 39.5 Å². The van der Waals surface area contributed by atoms with Crippen molar-refractivity contribution in [2.24, 2.45) is 0 Å². The SMILES string of the molecule is CC/C=C\C/C=C\C/C=C\CCCCCCCC(=O)OCC(COP(=O)(O)OCC(O)COP(=O)(O)OCC(COC(=O)CCCCCCC/C=C\C/C=C\CCCCC)OC(=O)CCCCCCCCCCCCCCCCC)OC(=O)CCCCCCCCCCCCC. The second-order valence-corrected chi connectivity index (χ2v) is 28.8. The van der Waals surface area contributed by atoms with Gasteiger partial charge < -0.3 is 33.8 Å². The van der Waals surface area contributed by atoms with Crippen LogP contribution in [0.4, 0.5) is 0 Å². The van der Waals surface area contributed by atoms with Crippen LogP contribution in [0.3, 0.4) is 0 Å². The summed E-state index contributed by atoms with van der Waals surface area (Å²) in [6.07, 6.45) is 67.8. The number of unbranched alkanes of at least 4 members (excludes halogenated alkanes) is 37. The molecule has 0 amide bonds. The van der Waals surface area contributed by atoms with Crippen molar-refractivity contribution in [3.63, 3.8) is 0 Å². The summed E-state index contributed by atoms with van der Waals surface area (Å²) >= 11 is 0. The molecule has 0 aromatic rings. The predicted molar refractivity (Wildman–Crippen MR) is 390 cm³/mol. The Labute approximate surface area is 584 Å². The molecule has 0 fully saturated rings. The van der Waals surface area contributed by atoms with Gasteiger partial charge >= 0.3 is 39.5 Å². The van der Waals surface area contributed by atoms with Crippen LogP contribution in [0.15, 0.2) is 60.8 Å². The van der Waals surface area contributed by atoms with E-state index < -0.39 is 97.5 Å². The zero-order chi connectivity index (χ0) is 70.4. The van der Waals surface area contributed by atoms with E-state index in [9.17, 15) is 43.2 Å². The van der Waals surface area contributed by atoms with Crippen molar-refractivity contribution in [2.75, 3.05) is 39.6 Å². The summed E-state index contributed by atoms with van der Waals surface area (Å²) in [5.74, 6) is -2.18. The lowest BCUT2D eigenvalue weighted by Gasteiger charge is -2.21. The fourth-order valence-electron chi connectivity index (χ4n) is 10.6. The molecule has 19 heteroatoms. The van der Waals surface area contributed by atoms with Gasteiger partial charge in [-0.2, -0.15) is 0 Å². The third-order valence-electron chi connectivity index (χ3n) is 16.5. The molecule has 560 valence electrons. The van der Waals surface area contributed by atoms with Crippen molar-refractivity contribution in [1.82, 2.24) is 0 Å². The lowest BCUT2D eigenvalue weighted by atomic mass is 10.0. The van der Waals surface area contributed by atoms with Crippen LogP contribution in [0.5, 0.6) is 0 Å². The summed E-state index contributed by atoms with van der Waals surface area (Å²) < 4.78 is 68.5. The third kappa shape index (κ3) is 69.2. The Balaban J connectivity index is 5.31. The Morgan fingerprint density at radius 3 is 0.854 bits per heavy atom. The highest BCUT2D eigenvalue weighted by atomic mass is 31.2. The molecule has 96 heavy (non-hydrogen) atoms. The minimum atomic E-state index is -4.97. The van der Waals surface area contributed by atoms with Crippen molar-refractivity contribution in [2.45, 2.75) is 367 Å². The van der Waals surface area contributed by atoms with Gasteiger partial charge in [0.25, 0.3) is 0 Å². The summed E-state index contributed by atoms with van der Waals surface area (Å²) in [5, 5.41) is 10.6. The van der Waals surface area contributed by atoms with Crippen LogP contribution < -0.4 is 0 Å². The van der Waals surface area contributed by atoms with Gasteiger partial charge in [-0.3, -0.25) is 37.3 Å². The third-order valence-corrected chi connectivity index (χ3v) is 18.4. The summed E-state index contributed by atoms with van der Waals surface area (Å²) in [5.41, 5.74) is 0. The van der Waals surface area contributed by atoms with Gasteiger partial charge in [0.05, 0.1) is 26.4 Å². The molecule has 0 saturated heterocycles.